The van der Waals surface area contributed by atoms with E-state index in [1.54, 1.807) is 11.3 Å². The Balaban J connectivity index is 2.60. The van der Waals surface area contributed by atoms with Crippen LogP contribution >= 0.6 is 39.9 Å². The lowest BCUT2D eigenvalue weighted by atomic mass is 10.2. The molecule has 0 saturated carbocycles. The molecule has 0 aliphatic rings. The summed E-state index contributed by atoms with van der Waals surface area (Å²) in [6.45, 7) is 2.65. The molecule has 0 fully saturated rings. The second kappa shape index (κ2) is 4.13. The van der Waals surface area contributed by atoms with Gasteiger partial charge in [-0.3, -0.25) is 0 Å². The Morgan fingerprint density at radius 3 is 3.00 bits per heavy atom. The van der Waals surface area contributed by atoms with Crippen molar-refractivity contribution in [3.05, 3.63) is 22.0 Å². The first-order chi connectivity index (χ1) is 6.72. The van der Waals surface area contributed by atoms with Gasteiger partial charge in [-0.1, -0.05) is 0 Å². The molecule has 14 heavy (non-hydrogen) atoms. The zero-order valence-electron chi connectivity index (χ0n) is 7.58. The fraction of sp³-hybridized carbons (Fsp3) is 0.200. The van der Waals surface area contributed by atoms with E-state index in [9.17, 15) is 0 Å². The van der Waals surface area contributed by atoms with E-state index < -0.39 is 0 Å². The lowest BCUT2D eigenvalue weighted by Gasteiger charge is -2.05. The summed E-state index contributed by atoms with van der Waals surface area (Å²) in [7, 11) is 0. The molecule has 0 spiro atoms. The van der Waals surface area contributed by atoms with Crippen LogP contribution in [0.1, 0.15) is 6.92 Å². The molecule has 0 radical (unpaired) electrons. The molecular formula is C10H9BrOS2. The molecule has 2 rings (SSSR count). The summed E-state index contributed by atoms with van der Waals surface area (Å²) in [5, 5.41) is 3.27. The molecule has 0 aliphatic heterocycles. The maximum absolute atomic E-state index is 5.47. The predicted octanol–water partition coefficient (Wildman–Crippen LogP) is 4.35. The van der Waals surface area contributed by atoms with Crippen molar-refractivity contribution in [1.29, 1.82) is 0 Å². The second-order valence-electron chi connectivity index (χ2n) is 2.83. The quantitative estimate of drug-likeness (QED) is 0.809. The summed E-state index contributed by atoms with van der Waals surface area (Å²) < 4.78 is 7.81. The van der Waals surface area contributed by atoms with Crippen LogP contribution in [-0.4, -0.2) is 6.61 Å². The summed E-state index contributed by atoms with van der Waals surface area (Å²) in [5.41, 5.74) is 0. The van der Waals surface area contributed by atoms with E-state index in [1.165, 1.54) is 10.1 Å². The Kier molecular flexibility index (Phi) is 3.04. The lowest BCUT2D eigenvalue weighted by molar-refractivity contribution is 0.333. The standard InChI is InChI=1S/C10H9BrOS2/c1-2-12-8-4-10-6(3-9(8)13)7(11)5-14-10/h3-5,13H,2H2,1H3. The maximum Gasteiger partial charge on any atom is 0.134 e. The van der Waals surface area contributed by atoms with E-state index in [0.717, 1.165) is 15.1 Å². The van der Waals surface area contributed by atoms with Gasteiger partial charge in [0.25, 0.3) is 0 Å². The van der Waals surface area contributed by atoms with Crippen LogP contribution in [0.4, 0.5) is 0 Å². The summed E-state index contributed by atoms with van der Waals surface area (Å²) in [4.78, 5) is 0.887. The first-order valence-electron chi connectivity index (χ1n) is 4.25. The molecule has 2 aromatic rings. The van der Waals surface area contributed by atoms with Crippen molar-refractivity contribution in [2.45, 2.75) is 11.8 Å². The monoisotopic (exact) mass is 288 g/mol. The van der Waals surface area contributed by atoms with Gasteiger partial charge in [-0.05, 0) is 35.0 Å². The highest BCUT2D eigenvalue weighted by atomic mass is 79.9. The van der Waals surface area contributed by atoms with E-state index in [0.29, 0.717) is 6.61 Å². The van der Waals surface area contributed by atoms with Crippen LogP contribution in [0, 0.1) is 0 Å². The van der Waals surface area contributed by atoms with Crippen LogP contribution in [0.2, 0.25) is 0 Å². The molecular weight excluding hydrogens is 280 g/mol. The molecule has 0 amide bonds. The van der Waals surface area contributed by atoms with Crippen LogP contribution in [0.5, 0.6) is 5.75 Å². The van der Waals surface area contributed by atoms with E-state index >= 15 is 0 Å². The third kappa shape index (κ3) is 1.78. The van der Waals surface area contributed by atoms with Crippen LogP contribution in [-0.2, 0) is 0 Å². The van der Waals surface area contributed by atoms with Crippen molar-refractivity contribution < 1.29 is 4.74 Å². The Bertz CT molecular complexity index is 464. The highest BCUT2D eigenvalue weighted by Gasteiger charge is 2.06. The minimum atomic E-state index is 0.672. The molecule has 0 bridgehead atoms. The van der Waals surface area contributed by atoms with Gasteiger partial charge in [0, 0.05) is 24.8 Å². The zero-order valence-corrected chi connectivity index (χ0v) is 10.9. The zero-order chi connectivity index (χ0) is 10.1. The van der Waals surface area contributed by atoms with Crippen LogP contribution in [0.3, 0.4) is 0 Å². The largest absolute Gasteiger partial charge is 0.493 e. The van der Waals surface area contributed by atoms with Crippen molar-refractivity contribution in [2.24, 2.45) is 0 Å². The Labute approximate surface area is 101 Å². The molecule has 1 aromatic carbocycles. The normalized spacial score (nSPS) is 10.8. The topological polar surface area (TPSA) is 9.23 Å². The fourth-order valence-electron chi connectivity index (χ4n) is 1.28. The molecule has 1 aromatic heterocycles. The van der Waals surface area contributed by atoms with Crippen molar-refractivity contribution in [3.63, 3.8) is 0 Å². The SMILES string of the molecule is CCOc1cc2scc(Br)c2cc1S. The third-order valence-corrected chi connectivity index (χ3v) is 4.16. The number of benzene rings is 1. The Morgan fingerprint density at radius 2 is 2.29 bits per heavy atom. The van der Waals surface area contributed by atoms with Gasteiger partial charge in [-0.15, -0.1) is 24.0 Å². The number of thiol groups is 1. The summed E-state index contributed by atoms with van der Waals surface area (Å²) >= 11 is 9.59. The number of hydrogen-bond donors (Lipinski definition) is 1. The van der Waals surface area contributed by atoms with Gasteiger partial charge in [-0.25, -0.2) is 0 Å². The fourth-order valence-corrected chi connectivity index (χ4v) is 3.11. The minimum absolute atomic E-state index is 0.672. The summed E-state index contributed by atoms with van der Waals surface area (Å²) in [5.74, 6) is 0.859. The molecule has 74 valence electrons. The number of thiophene rings is 1. The van der Waals surface area contributed by atoms with Crippen molar-refractivity contribution in [3.8, 4) is 5.75 Å². The number of hydrogen-bond acceptors (Lipinski definition) is 3. The second-order valence-corrected chi connectivity index (χ2v) is 5.08. The smallest absolute Gasteiger partial charge is 0.134 e. The van der Waals surface area contributed by atoms with E-state index in [1.807, 2.05) is 19.1 Å². The van der Waals surface area contributed by atoms with Gasteiger partial charge < -0.3 is 4.74 Å². The molecule has 4 heteroatoms. The lowest BCUT2D eigenvalue weighted by Crippen LogP contribution is -1.91. The minimum Gasteiger partial charge on any atom is -0.493 e. The predicted molar refractivity (Wildman–Crippen MR) is 67.9 cm³/mol. The van der Waals surface area contributed by atoms with Gasteiger partial charge in [-0.2, -0.15) is 0 Å². The molecule has 0 aliphatic carbocycles. The molecule has 1 heterocycles. The summed E-state index contributed by atoms with van der Waals surface area (Å²) in [6.07, 6.45) is 0. The van der Waals surface area contributed by atoms with Gasteiger partial charge in [0.05, 0.1) is 6.61 Å². The third-order valence-electron chi connectivity index (χ3n) is 1.91. The van der Waals surface area contributed by atoms with Gasteiger partial charge in [0.2, 0.25) is 0 Å². The number of fused-ring (bicyclic) bond motifs is 1. The van der Waals surface area contributed by atoms with E-state index in [2.05, 4.69) is 33.9 Å². The van der Waals surface area contributed by atoms with Crippen LogP contribution < -0.4 is 4.74 Å². The molecule has 1 nitrogen and oxygen atoms in total. The number of halogens is 1. The van der Waals surface area contributed by atoms with Crippen molar-refractivity contribution in [2.75, 3.05) is 6.61 Å². The highest BCUT2D eigenvalue weighted by Crippen LogP contribution is 2.36. The van der Waals surface area contributed by atoms with Crippen LogP contribution in [0.25, 0.3) is 10.1 Å². The molecule has 0 atom stereocenters. The van der Waals surface area contributed by atoms with Crippen LogP contribution in [0.15, 0.2) is 26.9 Å². The number of rotatable bonds is 2. The van der Waals surface area contributed by atoms with Crippen molar-refractivity contribution >= 4 is 50.0 Å². The van der Waals surface area contributed by atoms with E-state index in [4.69, 9.17) is 4.74 Å². The van der Waals surface area contributed by atoms with Gasteiger partial charge >= 0.3 is 0 Å². The Morgan fingerprint density at radius 1 is 1.50 bits per heavy atom. The average molecular weight is 289 g/mol. The molecule has 0 unspecified atom stereocenters. The number of ether oxygens (including phenoxy) is 1. The van der Waals surface area contributed by atoms with Gasteiger partial charge in [0.1, 0.15) is 5.75 Å². The van der Waals surface area contributed by atoms with Gasteiger partial charge in [0.15, 0.2) is 0 Å². The first-order valence-corrected chi connectivity index (χ1v) is 6.37. The highest BCUT2D eigenvalue weighted by molar-refractivity contribution is 9.10. The van der Waals surface area contributed by atoms with Crippen molar-refractivity contribution in [1.82, 2.24) is 0 Å². The maximum atomic E-state index is 5.47. The Hall–Kier alpha value is -0.190. The summed E-state index contributed by atoms with van der Waals surface area (Å²) in [6, 6.07) is 4.07. The molecule has 0 N–H and O–H groups in total. The average Bonchev–Trinajstić information content (AvgIpc) is 2.50. The first kappa shape index (κ1) is 10.3. The molecule has 0 saturated heterocycles. The van der Waals surface area contributed by atoms with E-state index in [-0.39, 0.29) is 0 Å².